The summed E-state index contributed by atoms with van der Waals surface area (Å²) >= 11 is 1.53. The van der Waals surface area contributed by atoms with E-state index in [1.807, 2.05) is 10.3 Å². The van der Waals surface area contributed by atoms with Gasteiger partial charge in [0.05, 0.1) is 6.10 Å². The van der Waals surface area contributed by atoms with Crippen molar-refractivity contribution in [2.45, 2.75) is 32.3 Å². The standard InChI is InChI=1S/C18H22N2O2S/c1-3-13-4-6-14(7-5-13)17-19-16(12-23-17)18(21)20-10-8-15(22-2)9-11-20/h4-7,12,15H,3,8-11H2,1-2H3. The molecule has 0 saturated carbocycles. The van der Waals surface area contributed by atoms with Crippen LogP contribution in [0.5, 0.6) is 0 Å². The molecule has 1 aromatic carbocycles. The number of ether oxygens (including phenoxy) is 1. The zero-order valence-electron chi connectivity index (χ0n) is 13.6. The van der Waals surface area contributed by atoms with E-state index in [-0.39, 0.29) is 12.0 Å². The minimum absolute atomic E-state index is 0.0345. The molecule has 1 aliphatic rings. The van der Waals surface area contributed by atoms with E-state index in [0.29, 0.717) is 5.69 Å². The summed E-state index contributed by atoms with van der Waals surface area (Å²) in [5, 5.41) is 2.77. The third kappa shape index (κ3) is 3.62. The second kappa shape index (κ2) is 7.23. The highest BCUT2D eigenvalue weighted by molar-refractivity contribution is 7.13. The molecule has 1 fully saturated rings. The summed E-state index contributed by atoms with van der Waals surface area (Å²) in [5.41, 5.74) is 2.94. The van der Waals surface area contributed by atoms with Gasteiger partial charge in [-0.3, -0.25) is 4.79 Å². The van der Waals surface area contributed by atoms with Crippen LogP contribution in [0.1, 0.15) is 35.8 Å². The molecule has 5 heteroatoms. The second-order valence-corrected chi connectivity index (χ2v) is 6.67. The van der Waals surface area contributed by atoms with Crippen LogP contribution in [0.25, 0.3) is 10.6 Å². The van der Waals surface area contributed by atoms with E-state index in [2.05, 4.69) is 36.2 Å². The maximum atomic E-state index is 12.6. The molecular weight excluding hydrogens is 308 g/mol. The Morgan fingerprint density at radius 3 is 2.61 bits per heavy atom. The Morgan fingerprint density at radius 2 is 2.00 bits per heavy atom. The molecule has 1 aliphatic heterocycles. The maximum absolute atomic E-state index is 12.6. The molecule has 4 nitrogen and oxygen atoms in total. The van der Waals surface area contributed by atoms with Gasteiger partial charge in [-0.1, -0.05) is 31.2 Å². The number of carbonyl (C=O) groups excluding carboxylic acids is 1. The van der Waals surface area contributed by atoms with Crippen molar-refractivity contribution < 1.29 is 9.53 Å². The summed E-state index contributed by atoms with van der Waals surface area (Å²) in [6.45, 7) is 3.63. The van der Waals surface area contributed by atoms with Crippen molar-refractivity contribution in [3.63, 3.8) is 0 Å². The molecule has 0 radical (unpaired) electrons. The molecule has 0 atom stereocenters. The first-order valence-corrected chi connectivity index (χ1v) is 8.96. The van der Waals surface area contributed by atoms with Gasteiger partial charge >= 0.3 is 0 Å². The van der Waals surface area contributed by atoms with Crippen LogP contribution in [0, 0.1) is 0 Å². The Morgan fingerprint density at radius 1 is 1.30 bits per heavy atom. The summed E-state index contributed by atoms with van der Waals surface area (Å²) in [6.07, 6.45) is 3.11. The van der Waals surface area contributed by atoms with Crippen LogP contribution in [-0.2, 0) is 11.2 Å². The fourth-order valence-electron chi connectivity index (χ4n) is 2.84. The number of hydrogen-bond donors (Lipinski definition) is 0. The number of piperidine rings is 1. The van der Waals surface area contributed by atoms with Crippen LogP contribution in [-0.4, -0.2) is 42.1 Å². The highest BCUT2D eigenvalue weighted by Gasteiger charge is 2.25. The quantitative estimate of drug-likeness (QED) is 0.860. The number of nitrogens with zero attached hydrogens (tertiary/aromatic N) is 2. The fraction of sp³-hybridized carbons (Fsp3) is 0.444. The molecule has 1 amide bonds. The van der Waals surface area contributed by atoms with Crippen molar-refractivity contribution in [3.05, 3.63) is 40.9 Å². The molecule has 122 valence electrons. The van der Waals surface area contributed by atoms with Gasteiger partial charge in [0.2, 0.25) is 0 Å². The summed E-state index contributed by atoms with van der Waals surface area (Å²) in [7, 11) is 1.73. The predicted octanol–water partition coefficient (Wildman–Crippen LogP) is 3.62. The Bertz CT molecular complexity index is 658. The van der Waals surface area contributed by atoms with Gasteiger partial charge in [-0.25, -0.2) is 4.98 Å². The van der Waals surface area contributed by atoms with E-state index in [1.165, 1.54) is 16.9 Å². The van der Waals surface area contributed by atoms with Crippen LogP contribution in [0.3, 0.4) is 0 Å². The fourth-order valence-corrected chi connectivity index (χ4v) is 3.64. The number of likely N-dealkylation sites (tertiary alicyclic amines) is 1. The van der Waals surface area contributed by atoms with Crippen molar-refractivity contribution in [1.82, 2.24) is 9.88 Å². The number of aromatic nitrogens is 1. The van der Waals surface area contributed by atoms with E-state index >= 15 is 0 Å². The molecule has 0 N–H and O–H groups in total. The van der Waals surface area contributed by atoms with Gasteiger partial charge in [-0.15, -0.1) is 11.3 Å². The predicted molar refractivity (Wildman–Crippen MR) is 92.9 cm³/mol. The lowest BCUT2D eigenvalue weighted by Gasteiger charge is -2.30. The molecule has 3 rings (SSSR count). The van der Waals surface area contributed by atoms with Crippen LogP contribution >= 0.6 is 11.3 Å². The van der Waals surface area contributed by atoms with Crippen molar-refractivity contribution in [3.8, 4) is 10.6 Å². The first kappa shape index (κ1) is 16.1. The lowest BCUT2D eigenvalue weighted by atomic mass is 10.1. The van der Waals surface area contributed by atoms with Crippen molar-refractivity contribution in [2.24, 2.45) is 0 Å². The molecule has 1 saturated heterocycles. The molecule has 1 aromatic heterocycles. The third-order valence-corrected chi connectivity index (χ3v) is 5.29. The molecule has 0 bridgehead atoms. The van der Waals surface area contributed by atoms with Gasteiger partial charge < -0.3 is 9.64 Å². The number of methoxy groups -OCH3 is 1. The van der Waals surface area contributed by atoms with Crippen LogP contribution < -0.4 is 0 Å². The Hall–Kier alpha value is -1.72. The van der Waals surface area contributed by atoms with Crippen LogP contribution in [0.2, 0.25) is 0 Å². The third-order valence-electron chi connectivity index (χ3n) is 4.39. The van der Waals surface area contributed by atoms with E-state index in [0.717, 1.165) is 42.9 Å². The van der Waals surface area contributed by atoms with Gasteiger partial charge in [0.1, 0.15) is 10.7 Å². The topological polar surface area (TPSA) is 42.4 Å². The summed E-state index contributed by atoms with van der Waals surface area (Å²) < 4.78 is 5.35. The minimum atomic E-state index is 0.0345. The Kier molecular flexibility index (Phi) is 5.08. The molecule has 0 unspecified atom stereocenters. The van der Waals surface area contributed by atoms with Crippen molar-refractivity contribution in [1.29, 1.82) is 0 Å². The van der Waals surface area contributed by atoms with Gasteiger partial charge in [0.25, 0.3) is 5.91 Å². The van der Waals surface area contributed by atoms with Gasteiger partial charge in [0.15, 0.2) is 0 Å². The maximum Gasteiger partial charge on any atom is 0.273 e. The number of amides is 1. The Labute approximate surface area is 141 Å². The number of carbonyl (C=O) groups is 1. The monoisotopic (exact) mass is 330 g/mol. The molecular formula is C18H22N2O2S. The second-order valence-electron chi connectivity index (χ2n) is 5.82. The molecule has 23 heavy (non-hydrogen) atoms. The van der Waals surface area contributed by atoms with Crippen molar-refractivity contribution in [2.75, 3.05) is 20.2 Å². The SMILES string of the molecule is CCc1ccc(-c2nc(C(=O)N3CCC(OC)CC3)cs2)cc1. The number of thiazole rings is 1. The Balaban J connectivity index is 1.69. The molecule has 0 aliphatic carbocycles. The smallest absolute Gasteiger partial charge is 0.273 e. The van der Waals surface area contributed by atoms with E-state index in [4.69, 9.17) is 4.74 Å². The normalized spacial score (nSPS) is 15.8. The lowest BCUT2D eigenvalue weighted by Crippen LogP contribution is -2.40. The molecule has 2 heterocycles. The highest BCUT2D eigenvalue weighted by Crippen LogP contribution is 2.25. The largest absolute Gasteiger partial charge is 0.381 e. The van der Waals surface area contributed by atoms with Gasteiger partial charge in [-0.2, -0.15) is 0 Å². The van der Waals surface area contributed by atoms with E-state index in [9.17, 15) is 4.79 Å². The summed E-state index contributed by atoms with van der Waals surface area (Å²) in [4.78, 5) is 19.0. The number of hydrogen-bond acceptors (Lipinski definition) is 4. The zero-order chi connectivity index (χ0) is 16.2. The number of rotatable bonds is 4. The molecule has 2 aromatic rings. The average Bonchev–Trinajstić information content (AvgIpc) is 3.11. The molecule has 0 spiro atoms. The van der Waals surface area contributed by atoms with E-state index in [1.54, 1.807) is 7.11 Å². The van der Waals surface area contributed by atoms with Crippen LogP contribution in [0.4, 0.5) is 0 Å². The zero-order valence-corrected chi connectivity index (χ0v) is 14.4. The minimum Gasteiger partial charge on any atom is -0.381 e. The van der Waals surface area contributed by atoms with E-state index < -0.39 is 0 Å². The summed E-state index contributed by atoms with van der Waals surface area (Å²) in [5.74, 6) is 0.0345. The number of aryl methyl sites for hydroxylation is 1. The van der Waals surface area contributed by atoms with Gasteiger partial charge in [-0.05, 0) is 24.8 Å². The van der Waals surface area contributed by atoms with Crippen LogP contribution in [0.15, 0.2) is 29.6 Å². The van der Waals surface area contributed by atoms with Gasteiger partial charge in [0, 0.05) is 31.1 Å². The highest BCUT2D eigenvalue weighted by atomic mass is 32.1. The van der Waals surface area contributed by atoms with Crippen molar-refractivity contribution >= 4 is 17.2 Å². The first-order valence-electron chi connectivity index (χ1n) is 8.08. The average molecular weight is 330 g/mol. The first-order chi connectivity index (χ1) is 11.2. The summed E-state index contributed by atoms with van der Waals surface area (Å²) in [6, 6.07) is 8.40. The number of benzene rings is 1. The lowest BCUT2D eigenvalue weighted by molar-refractivity contribution is 0.0348.